The molecule has 17 heavy (non-hydrogen) atoms. The summed E-state index contributed by atoms with van der Waals surface area (Å²) in [5.74, 6) is 0.443. The zero-order chi connectivity index (χ0) is 12.3. The molecule has 0 nitrogen and oxygen atoms in total. The van der Waals surface area contributed by atoms with Crippen LogP contribution in [0, 0.1) is 5.92 Å². The molecule has 0 fully saturated rings. The van der Waals surface area contributed by atoms with E-state index in [1.165, 1.54) is 16.7 Å². The Morgan fingerprint density at radius 3 is 2.82 bits per heavy atom. The van der Waals surface area contributed by atoms with Gasteiger partial charge in [-0.1, -0.05) is 68.7 Å². The molecule has 0 saturated carbocycles. The van der Waals surface area contributed by atoms with E-state index in [1.54, 1.807) is 0 Å². The topological polar surface area (TPSA) is 0 Å². The van der Waals surface area contributed by atoms with Crippen LogP contribution in [0.2, 0.25) is 0 Å². The molecule has 0 aromatic heterocycles. The van der Waals surface area contributed by atoms with Crippen molar-refractivity contribution in [3.8, 4) is 0 Å². The lowest BCUT2D eigenvalue weighted by Crippen LogP contribution is -1.99. The third kappa shape index (κ3) is 2.65. The Bertz CT molecular complexity index is 490. The summed E-state index contributed by atoms with van der Waals surface area (Å²) >= 11 is 0. The van der Waals surface area contributed by atoms with Gasteiger partial charge in [-0.25, -0.2) is 0 Å². The van der Waals surface area contributed by atoms with Crippen molar-refractivity contribution in [2.75, 3.05) is 0 Å². The lowest BCUT2D eigenvalue weighted by Gasteiger charge is -2.17. The summed E-state index contributed by atoms with van der Waals surface area (Å²) in [6, 6.07) is 0. The van der Waals surface area contributed by atoms with E-state index in [1.807, 2.05) is 6.08 Å². The Labute approximate surface area is 104 Å². The molecule has 0 spiro atoms. The van der Waals surface area contributed by atoms with Gasteiger partial charge in [0.1, 0.15) is 0 Å². The molecule has 0 N–H and O–H groups in total. The second kappa shape index (κ2) is 5.01. The van der Waals surface area contributed by atoms with Crippen molar-refractivity contribution < 1.29 is 0 Å². The molecule has 0 aromatic rings. The first-order valence-electron chi connectivity index (χ1n) is 5.99. The Morgan fingerprint density at radius 2 is 2.06 bits per heavy atom. The van der Waals surface area contributed by atoms with Gasteiger partial charge in [-0.2, -0.15) is 0 Å². The molecule has 1 atom stereocenters. The summed E-state index contributed by atoms with van der Waals surface area (Å²) in [6.07, 6.45) is 18.0. The molecule has 86 valence electrons. The first-order chi connectivity index (χ1) is 8.20. The highest BCUT2D eigenvalue weighted by molar-refractivity contribution is 5.55. The van der Waals surface area contributed by atoms with Gasteiger partial charge in [0.05, 0.1) is 0 Å². The van der Waals surface area contributed by atoms with Crippen LogP contribution in [0.5, 0.6) is 0 Å². The molecule has 0 heteroatoms. The maximum absolute atomic E-state index is 4.11. The van der Waals surface area contributed by atoms with E-state index in [-0.39, 0.29) is 0 Å². The summed E-state index contributed by atoms with van der Waals surface area (Å²) in [5, 5.41) is 0. The predicted molar refractivity (Wildman–Crippen MR) is 75.6 cm³/mol. The van der Waals surface area contributed by atoms with Crippen molar-refractivity contribution in [1.82, 2.24) is 0 Å². The van der Waals surface area contributed by atoms with E-state index in [0.717, 1.165) is 12.0 Å². The fourth-order valence-corrected chi connectivity index (χ4v) is 2.05. The van der Waals surface area contributed by atoms with Gasteiger partial charge in [-0.15, -0.1) is 0 Å². The molecule has 0 radical (unpaired) electrons. The normalized spacial score (nSPS) is 34.8. The molecule has 2 aliphatic carbocycles. The first kappa shape index (κ1) is 11.7. The van der Waals surface area contributed by atoms with Crippen molar-refractivity contribution in [2.24, 2.45) is 5.92 Å². The molecule has 0 aliphatic heterocycles. The van der Waals surface area contributed by atoms with Gasteiger partial charge >= 0.3 is 0 Å². The van der Waals surface area contributed by atoms with E-state index >= 15 is 0 Å². The van der Waals surface area contributed by atoms with E-state index in [2.05, 4.69) is 62.6 Å². The molecule has 1 unspecified atom stereocenters. The van der Waals surface area contributed by atoms with Gasteiger partial charge in [-0.05, 0) is 34.6 Å². The molecular weight excluding hydrogens is 204 g/mol. The van der Waals surface area contributed by atoms with Gasteiger partial charge in [0.2, 0.25) is 0 Å². The lowest BCUT2D eigenvalue weighted by molar-refractivity contribution is 0.936. The number of fused-ring (bicyclic) bond motifs is 2. The van der Waals surface area contributed by atoms with Gasteiger partial charge in [0, 0.05) is 0 Å². The Kier molecular flexibility index (Phi) is 3.43. The third-order valence-electron chi connectivity index (χ3n) is 3.14. The average Bonchev–Trinajstić information content (AvgIpc) is 2.33. The highest BCUT2D eigenvalue weighted by Gasteiger charge is 2.11. The van der Waals surface area contributed by atoms with Crippen LogP contribution < -0.4 is 0 Å². The van der Waals surface area contributed by atoms with Crippen LogP contribution >= 0.6 is 0 Å². The van der Waals surface area contributed by atoms with E-state index in [9.17, 15) is 0 Å². The number of hydrogen-bond acceptors (Lipinski definition) is 0. The van der Waals surface area contributed by atoms with Gasteiger partial charge < -0.3 is 0 Å². The van der Waals surface area contributed by atoms with Crippen LogP contribution in [-0.4, -0.2) is 0 Å². The van der Waals surface area contributed by atoms with Crippen molar-refractivity contribution >= 4 is 0 Å². The fourth-order valence-electron chi connectivity index (χ4n) is 2.05. The Hall–Kier alpha value is -1.82. The molecule has 0 heterocycles. The van der Waals surface area contributed by atoms with Crippen molar-refractivity contribution in [1.29, 1.82) is 0 Å². The molecule has 0 aromatic carbocycles. The molecule has 0 saturated heterocycles. The quantitative estimate of drug-likeness (QED) is 0.604. The Balaban J connectivity index is 2.55. The number of rotatable bonds is 1. The SMILES string of the molecule is C=CC1=C2/C/C(=C\C=C/C(C)/C=C\1)C=CC2=C. The van der Waals surface area contributed by atoms with Crippen LogP contribution in [0.4, 0.5) is 0 Å². The average molecular weight is 222 g/mol. The largest absolute Gasteiger partial charge is 0.0985 e. The minimum absolute atomic E-state index is 0.443. The van der Waals surface area contributed by atoms with Crippen LogP contribution in [0.3, 0.4) is 0 Å². The zero-order valence-corrected chi connectivity index (χ0v) is 10.3. The zero-order valence-electron chi connectivity index (χ0n) is 10.3. The van der Waals surface area contributed by atoms with Crippen LogP contribution in [0.25, 0.3) is 0 Å². The van der Waals surface area contributed by atoms with Gasteiger partial charge in [0.15, 0.2) is 0 Å². The Morgan fingerprint density at radius 1 is 1.24 bits per heavy atom. The van der Waals surface area contributed by atoms with Crippen LogP contribution in [-0.2, 0) is 0 Å². The molecule has 2 rings (SSSR count). The fraction of sp³-hybridized carbons (Fsp3) is 0.176. The van der Waals surface area contributed by atoms with Gasteiger partial charge in [-0.3, -0.25) is 0 Å². The van der Waals surface area contributed by atoms with Crippen LogP contribution in [0.15, 0.2) is 84.1 Å². The van der Waals surface area contributed by atoms with E-state index in [0.29, 0.717) is 5.92 Å². The second-order valence-electron chi connectivity index (χ2n) is 4.52. The minimum atomic E-state index is 0.443. The summed E-state index contributed by atoms with van der Waals surface area (Å²) < 4.78 is 0. The summed E-state index contributed by atoms with van der Waals surface area (Å²) in [7, 11) is 0. The lowest BCUT2D eigenvalue weighted by atomic mass is 9.87. The smallest absolute Gasteiger partial charge is 0.00141 e. The monoisotopic (exact) mass is 222 g/mol. The standard InChI is InChI=1S/C17H18/c1-4-16-11-8-13(2)6-5-7-15-10-9-14(3)17(16)12-15/h4-11,13H,1,3,12H2,2H3/b6-5-,11-8-,15-7-,17-16+. The summed E-state index contributed by atoms with van der Waals surface area (Å²) in [6.45, 7) is 10.2. The highest BCUT2D eigenvalue weighted by Crippen LogP contribution is 2.30. The summed E-state index contributed by atoms with van der Waals surface area (Å²) in [5.41, 5.74) is 4.89. The van der Waals surface area contributed by atoms with Crippen molar-refractivity contribution in [2.45, 2.75) is 13.3 Å². The van der Waals surface area contributed by atoms with Gasteiger partial charge in [0.25, 0.3) is 0 Å². The second-order valence-corrected chi connectivity index (χ2v) is 4.52. The number of hydrogen-bond donors (Lipinski definition) is 0. The molecule has 2 aliphatic rings. The number of allylic oxidation sites excluding steroid dienone is 12. The first-order valence-corrected chi connectivity index (χ1v) is 5.99. The van der Waals surface area contributed by atoms with E-state index in [4.69, 9.17) is 0 Å². The highest BCUT2D eigenvalue weighted by atomic mass is 14.2. The van der Waals surface area contributed by atoms with Crippen molar-refractivity contribution in [3.05, 3.63) is 84.1 Å². The molecule has 2 bridgehead atoms. The molecule has 0 amide bonds. The molecular formula is C17H18. The third-order valence-corrected chi connectivity index (χ3v) is 3.14. The maximum atomic E-state index is 4.11. The maximum Gasteiger partial charge on any atom is -0.00141 e. The van der Waals surface area contributed by atoms with E-state index < -0.39 is 0 Å². The summed E-state index contributed by atoms with van der Waals surface area (Å²) in [4.78, 5) is 0. The van der Waals surface area contributed by atoms with Crippen molar-refractivity contribution in [3.63, 3.8) is 0 Å². The van der Waals surface area contributed by atoms with Crippen LogP contribution in [0.1, 0.15) is 13.3 Å². The minimum Gasteiger partial charge on any atom is -0.0985 e. The predicted octanol–water partition coefficient (Wildman–Crippen LogP) is 4.67.